The van der Waals surface area contributed by atoms with Crippen molar-refractivity contribution < 1.29 is 19.4 Å². The van der Waals surface area contributed by atoms with Crippen LogP contribution < -0.4 is 10.9 Å². The number of imide groups is 1. The topological polar surface area (TPSA) is 140 Å². The van der Waals surface area contributed by atoms with E-state index in [0.717, 1.165) is 0 Å². The molecule has 1 aliphatic heterocycles. The van der Waals surface area contributed by atoms with E-state index in [2.05, 4.69) is 20.3 Å². The molecule has 3 heterocycles. The third kappa shape index (κ3) is 4.50. The Morgan fingerprint density at radius 1 is 1.14 bits per heavy atom. The highest BCUT2D eigenvalue weighted by molar-refractivity contribution is 6.30. The van der Waals surface area contributed by atoms with Gasteiger partial charge in [0.2, 0.25) is 0 Å². The number of rotatable bonds is 8. The molecular weight excluding hydrogens is 498 g/mol. The number of halogens is 1. The SMILES string of the molecule is COC[C@@H](C)N1C(=O)c2cc3nc(-c4c(NCC(O)c5cccc(Cl)c5)cc[nH]c4=O)[nH]c3cc2C1=O. The molecule has 11 heteroatoms. The van der Waals surface area contributed by atoms with E-state index in [0.29, 0.717) is 27.3 Å². The molecule has 10 nitrogen and oxygen atoms in total. The number of methoxy groups -OCH3 is 1. The van der Waals surface area contributed by atoms with Crippen molar-refractivity contribution >= 4 is 40.1 Å². The number of carbonyl (C=O) groups excluding carboxylic acids is 2. The standard InChI is InChI=1S/C26H24ClN5O5/c1-13(12-37-2)32-25(35)16-9-19-20(10-17(16)26(32)36)31-23(30-19)22-18(6-7-28-24(22)34)29-11-21(33)14-4-3-5-15(27)8-14/h3-10,13,21,33H,11-12H2,1-2H3,(H,30,31)(H2,28,29,34)/t13-,21?/m1/s1. The number of amides is 2. The minimum Gasteiger partial charge on any atom is -0.387 e. The Morgan fingerprint density at radius 3 is 2.62 bits per heavy atom. The van der Waals surface area contributed by atoms with Crippen LogP contribution in [-0.2, 0) is 4.74 Å². The van der Waals surface area contributed by atoms with Crippen molar-refractivity contribution in [1.82, 2.24) is 19.9 Å². The van der Waals surface area contributed by atoms with Crippen molar-refractivity contribution in [3.8, 4) is 11.4 Å². The first-order valence-electron chi connectivity index (χ1n) is 11.6. The molecule has 2 aromatic heterocycles. The number of ether oxygens (including phenoxy) is 1. The average molecular weight is 522 g/mol. The number of carbonyl (C=O) groups is 2. The largest absolute Gasteiger partial charge is 0.387 e. The summed E-state index contributed by atoms with van der Waals surface area (Å²) in [6, 6.07) is 11.3. The number of hydrogen-bond donors (Lipinski definition) is 4. The Balaban J connectivity index is 1.46. The van der Waals surface area contributed by atoms with Gasteiger partial charge in [-0.25, -0.2) is 4.98 Å². The molecule has 0 saturated carbocycles. The Bertz CT molecular complexity index is 1530. The first-order valence-corrected chi connectivity index (χ1v) is 12.0. The second kappa shape index (κ2) is 9.81. The minimum atomic E-state index is -0.870. The van der Waals surface area contributed by atoms with Gasteiger partial charge < -0.3 is 25.1 Å². The summed E-state index contributed by atoms with van der Waals surface area (Å²) in [6.45, 7) is 2.08. The van der Waals surface area contributed by atoms with Crippen LogP contribution in [0.1, 0.15) is 39.3 Å². The third-order valence-corrected chi connectivity index (χ3v) is 6.52. The van der Waals surface area contributed by atoms with Gasteiger partial charge in [-0.05, 0) is 42.8 Å². The number of benzene rings is 2. The summed E-state index contributed by atoms with van der Waals surface area (Å²) >= 11 is 6.02. The van der Waals surface area contributed by atoms with E-state index in [1.165, 1.54) is 18.2 Å². The molecule has 1 unspecified atom stereocenters. The number of pyridine rings is 1. The zero-order valence-electron chi connectivity index (χ0n) is 20.0. The van der Waals surface area contributed by atoms with Crippen LogP contribution in [0, 0.1) is 0 Å². The highest BCUT2D eigenvalue weighted by Crippen LogP contribution is 2.31. The number of nitrogens with one attached hydrogen (secondary N) is 3. The predicted octanol–water partition coefficient (Wildman–Crippen LogP) is 3.35. The molecule has 190 valence electrons. The van der Waals surface area contributed by atoms with Crippen molar-refractivity contribution in [3.63, 3.8) is 0 Å². The lowest BCUT2D eigenvalue weighted by Gasteiger charge is -2.21. The smallest absolute Gasteiger partial charge is 0.261 e. The van der Waals surface area contributed by atoms with Gasteiger partial charge in [0.15, 0.2) is 0 Å². The summed E-state index contributed by atoms with van der Waals surface area (Å²) in [7, 11) is 1.51. The van der Waals surface area contributed by atoms with Crippen molar-refractivity contribution in [2.45, 2.75) is 19.1 Å². The number of hydrogen-bond acceptors (Lipinski definition) is 7. The fraction of sp³-hybridized carbons (Fsp3) is 0.231. The van der Waals surface area contributed by atoms with Crippen LogP contribution in [0.15, 0.2) is 53.5 Å². The first kappa shape index (κ1) is 24.7. The number of imidazole rings is 1. The number of aromatic nitrogens is 3. The summed E-state index contributed by atoms with van der Waals surface area (Å²) < 4.78 is 5.10. The molecule has 2 aromatic carbocycles. The van der Waals surface area contributed by atoms with Crippen LogP contribution in [0.4, 0.5) is 5.69 Å². The van der Waals surface area contributed by atoms with Gasteiger partial charge in [-0.3, -0.25) is 19.3 Å². The summed E-state index contributed by atoms with van der Waals surface area (Å²) in [5.41, 5.74) is 2.36. The molecule has 2 atom stereocenters. The van der Waals surface area contributed by atoms with Gasteiger partial charge in [0.05, 0.1) is 46.6 Å². The Kier molecular flexibility index (Phi) is 6.55. The number of aliphatic hydroxyl groups excluding tert-OH is 1. The maximum absolute atomic E-state index is 13.0. The van der Waals surface area contributed by atoms with E-state index in [-0.39, 0.29) is 35.7 Å². The van der Waals surface area contributed by atoms with E-state index in [4.69, 9.17) is 16.3 Å². The molecule has 0 saturated heterocycles. The van der Waals surface area contributed by atoms with Gasteiger partial charge >= 0.3 is 0 Å². The van der Waals surface area contributed by atoms with Crippen molar-refractivity contribution in [1.29, 1.82) is 0 Å². The lowest BCUT2D eigenvalue weighted by molar-refractivity contribution is 0.0497. The zero-order chi connectivity index (χ0) is 26.3. The second-order valence-electron chi connectivity index (χ2n) is 8.83. The van der Waals surface area contributed by atoms with E-state index in [1.807, 2.05) is 0 Å². The van der Waals surface area contributed by atoms with E-state index in [9.17, 15) is 19.5 Å². The van der Waals surface area contributed by atoms with Gasteiger partial charge in [-0.15, -0.1) is 0 Å². The summed E-state index contributed by atoms with van der Waals surface area (Å²) in [5.74, 6) is -0.562. The van der Waals surface area contributed by atoms with Gasteiger partial charge in [-0.2, -0.15) is 0 Å². The van der Waals surface area contributed by atoms with Crippen molar-refractivity contribution in [2.24, 2.45) is 0 Å². The fourth-order valence-electron chi connectivity index (χ4n) is 4.50. The molecule has 2 amide bonds. The molecule has 0 radical (unpaired) electrons. The van der Waals surface area contributed by atoms with Crippen LogP contribution in [-0.4, -0.2) is 63.1 Å². The maximum Gasteiger partial charge on any atom is 0.261 e. The van der Waals surface area contributed by atoms with Gasteiger partial charge in [0, 0.05) is 24.9 Å². The normalized spacial score (nSPS) is 14.8. The average Bonchev–Trinajstić information content (AvgIpc) is 3.39. The number of nitrogens with zero attached hydrogens (tertiary/aromatic N) is 2. The van der Waals surface area contributed by atoms with E-state index < -0.39 is 29.5 Å². The van der Waals surface area contributed by atoms with Crippen LogP contribution in [0.2, 0.25) is 5.02 Å². The molecular formula is C26H24ClN5O5. The molecule has 37 heavy (non-hydrogen) atoms. The summed E-state index contributed by atoms with van der Waals surface area (Å²) in [4.78, 5) is 50.2. The number of aromatic amines is 2. The molecule has 5 rings (SSSR count). The quantitative estimate of drug-likeness (QED) is 0.261. The number of anilines is 1. The number of aliphatic hydroxyl groups is 1. The lowest BCUT2D eigenvalue weighted by Crippen LogP contribution is -2.40. The third-order valence-electron chi connectivity index (χ3n) is 6.29. The highest BCUT2D eigenvalue weighted by Gasteiger charge is 2.39. The van der Waals surface area contributed by atoms with Crippen LogP contribution in [0.3, 0.4) is 0 Å². The first-order chi connectivity index (χ1) is 17.8. The zero-order valence-corrected chi connectivity index (χ0v) is 20.8. The minimum absolute atomic E-state index is 0.115. The molecule has 0 spiro atoms. The lowest BCUT2D eigenvalue weighted by atomic mass is 10.1. The summed E-state index contributed by atoms with van der Waals surface area (Å²) in [6.07, 6.45) is 0.620. The molecule has 1 aliphatic rings. The predicted molar refractivity (Wildman–Crippen MR) is 139 cm³/mol. The number of fused-ring (bicyclic) bond motifs is 2. The van der Waals surface area contributed by atoms with Crippen molar-refractivity contribution in [3.05, 3.63) is 80.7 Å². The van der Waals surface area contributed by atoms with Crippen molar-refractivity contribution in [2.75, 3.05) is 25.6 Å². The summed E-state index contributed by atoms with van der Waals surface area (Å²) in [5, 5.41) is 14.2. The van der Waals surface area contributed by atoms with Gasteiger partial charge in [0.25, 0.3) is 17.4 Å². The number of H-pyrrole nitrogens is 2. The highest BCUT2D eigenvalue weighted by atomic mass is 35.5. The molecule has 4 aromatic rings. The van der Waals surface area contributed by atoms with E-state index >= 15 is 0 Å². The fourth-order valence-corrected chi connectivity index (χ4v) is 4.69. The van der Waals surface area contributed by atoms with Gasteiger partial charge in [0.1, 0.15) is 11.4 Å². The Labute approximate surface area is 216 Å². The Morgan fingerprint density at radius 2 is 1.89 bits per heavy atom. The molecule has 0 bridgehead atoms. The Hall–Kier alpha value is -3.99. The van der Waals surface area contributed by atoms with E-state index in [1.54, 1.807) is 49.4 Å². The van der Waals surface area contributed by atoms with Crippen LogP contribution >= 0.6 is 11.6 Å². The second-order valence-corrected chi connectivity index (χ2v) is 9.27. The molecule has 0 fully saturated rings. The monoisotopic (exact) mass is 521 g/mol. The van der Waals surface area contributed by atoms with Gasteiger partial charge in [-0.1, -0.05) is 23.7 Å². The van der Waals surface area contributed by atoms with Crippen LogP contribution in [0.25, 0.3) is 22.4 Å². The molecule has 4 N–H and O–H groups in total. The maximum atomic E-state index is 13.0. The molecule has 0 aliphatic carbocycles. The van der Waals surface area contributed by atoms with Crippen LogP contribution in [0.5, 0.6) is 0 Å².